The van der Waals surface area contributed by atoms with E-state index < -0.39 is 11.6 Å². The first-order valence-electron chi connectivity index (χ1n) is 9.76. The van der Waals surface area contributed by atoms with Gasteiger partial charge in [0.1, 0.15) is 11.6 Å². The molecule has 0 atom stereocenters. The van der Waals surface area contributed by atoms with Crippen LogP contribution in [0.2, 0.25) is 5.02 Å². The second-order valence-corrected chi connectivity index (χ2v) is 7.67. The summed E-state index contributed by atoms with van der Waals surface area (Å²) in [5.41, 5.74) is 1.06. The quantitative estimate of drug-likeness (QED) is 0.480. The molecule has 0 amide bonds. The smallest absolute Gasteiger partial charge is 0.227 e. The van der Waals surface area contributed by atoms with Crippen LogP contribution >= 0.6 is 11.6 Å². The van der Waals surface area contributed by atoms with E-state index in [1.165, 1.54) is 16.9 Å². The molecule has 2 aromatic heterocycles. The molecule has 0 saturated carbocycles. The van der Waals surface area contributed by atoms with E-state index in [1.54, 1.807) is 12.1 Å². The van der Waals surface area contributed by atoms with Crippen molar-refractivity contribution in [3.63, 3.8) is 0 Å². The van der Waals surface area contributed by atoms with E-state index in [1.807, 2.05) is 21.6 Å². The van der Waals surface area contributed by atoms with Crippen molar-refractivity contribution in [1.82, 2.24) is 35.0 Å². The van der Waals surface area contributed by atoms with E-state index in [0.29, 0.717) is 47.0 Å². The Morgan fingerprint density at radius 3 is 2.55 bits per heavy atom. The maximum Gasteiger partial charge on any atom is 0.227 e. The Morgan fingerprint density at radius 2 is 1.74 bits per heavy atom. The summed E-state index contributed by atoms with van der Waals surface area (Å²) in [4.78, 5) is 3.42. The molecular formula is C20H17ClF2N8. The van der Waals surface area contributed by atoms with Gasteiger partial charge in [-0.25, -0.2) is 8.78 Å². The Hall–Kier alpha value is -3.40. The van der Waals surface area contributed by atoms with Crippen molar-refractivity contribution in [3.05, 3.63) is 64.9 Å². The Kier molecular flexibility index (Phi) is 5.06. The van der Waals surface area contributed by atoms with E-state index in [0.717, 1.165) is 25.5 Å². The van der Waals surface area contributed by atoms with Crippen molar-refractivity contribution in [2.24, 2.45) is 0 Å². The maximum atomic E-state index is 13.7. The molecular weight excluding hydrogens is 426 g/mol. The van der Waals surface area contributed by atoms with E-state index in [9.17, 15) is 8.78 Å². The minimum Gasteiger partial charge on any atom is -0.333 e. The van der Waals surface area contributed by atoms with E-state index in [-0.39, 0.29) is 0 Å². The second kappa shape index (κ2) is 8.03. The summed E-state index contributed by atoms with van der Waals surface area (Å²) in [6, 6.07) is 10.5. The van der Waals surface area contributed by atoms with Gasteiger partial charge in [-0.05, 0) is 48.4 Å². The van der Waals surface area contributed by atoms with Crippen LogP contribution in [0.4, 0.5) is 14.7 Å². The number of aromatic nitrogens is 7. The number of hydrogen-bond acceptors (Lipinski definition) is 6. The topological polar surface area (TPSA) is 77.5 Å². The predicted octanol–water partition coefficient (Wildman–Crippen LogP) is 3.65. The zero-order chi connectivity index (χ0) is 21.4. The molecule has 0 spiro atoms. The van der Waals surface area contributed by atoms with Crippen LogP contribution in [0.3, 0.4) is 0 Å². The predicted molar refractivity (Wildman–Crippen MR) is 110 cm³/mol. The fourth-order valence-electron chi connectivity index (χ4n) is 3.64. The lowest BCUT2D eigenvalue weighted by Gasteiger charge is -2.19. The van der Waals surface area contributed by atoms with Gasteiger partial charge in [-0.3, -0.25) is 4.57 Å². The van der Waals surface area contributed by atoms with Crippen molar-refractivity contribution in [1.29, 1.82) is 0 Å². The largest absolute Gasteiger partial charge is 0.333 e. The minimum atomic E-state index is -0.653. The zero-order valence-corrected chi connectivity index (χ0v) is 17.0. The Labute approximate surface area is 181 Å². The monoisotopic (exact) mass is 442 g/mol. The van der Waals surface area contributed by atoms with Gasteiger partial charge in [0.05, 0.1) is 12.2 Å². The highest BCUT2D eigenvalue weighted by atomic mass is 35.5. The Balaban J connectivity index is 1.44. The lowest BCUT2D eigenvalue weighted by atomic mass is 10.2. The van der Waals surface area contributed by atoms with Crippen LogP contribution in [0.1, 0.15) is 18.7 Å². The number of anilines is 1. The van der Waals surface area contributed by atoms with Crippen molar-refractivity contribution >= 4 is 17.5 Å². The average Bonchev–Trinajstić information content (AvgIpc) is 3.32. The summed E-state index contributed by atoms with van der Waals surface area (Å²) in [6.45, 7) is 1.74. The highest BCUT2D eigenvalue weighted by Gasteiger charge is 2.24. The molecule has 5 rings (SSSR count). The molecule has 3 heterocycles. The number of halogens is 3. The third-order valence-electron chi connectivity index (χ3n) is 5.02. The normalized spacial score (nSPS) is 13.8. The third kappa shape index (κ3) is 3.98. The number of fused-ring (bicyclic) bond motifs is 1. The molecule has 0 unspecified atom stereocenters. The summed E-state index contributed by atoms with van der Waals surface area (Å²) in [7, 11) is 0. The van der Waals surface area contributed by atoms with Gasteiger partial charge in [0, 0.05) is 29.7 Å². The first-order chi connectivity index (χ1) is 15.1. The molecule has 1 aliphatic rings. The lowest BCUT2D eigenvalue weighted by molar-refractivity contribution is 0.583. The highest BCUT2D eigenvalue weighted by Crippen LogP contribution is 2.27. The van der Waals surface area contributed by atoms with Gasteiger partial charge >= 0.3 is 0 Å². The fraction of sp³-hybridized carbons (Fsp3) is 0.250. The van der Waals surface area contributed by atoms with Crippen molar-refractivity contribution < 1.29 is 8.78 Å². The molecule has 0 N–H and O–H groups in total. The van der Waals surface area contributed by atoms with E-state index in [2.05, 4.69) is 25.6 Å². The highest BCUT2D eigenvalue weighted by molar-refractivity contribution is 6.30. The van der Waals surface area contributed by atoms with Crippen LogP contribution in [0.5, 0.6) is 0 Å². The van der Waals surface area contributed by atoms with Gasteiger partial charge in [0.2, 0.25) is 5.95 Å². The summed E-state index contributed by atoms with van der Waals surface area (Å²) in [5, 5.41) is 21.8. The number of rotatable bonds is 4. The molecule has 158 valence electrons. The zero-order valence-electron chi connectivity index (χ0n) is 16.3. The van der Waals surface area contributed by atoms with Crippen LogP contribution < -0.4 is 4.90 Å². The molecule has 8 nitrogen and oxygen atoms in total. The van der Waals surface area contributed by atoms with Gasteiger partial charge in [-0.2, -0.15) is 0 Å². The number of tetrazole rings is 1. The Morgan fingerprint density at radius 1 is 0.935 bits per heavy atom. The summed E-state index contributed by atoms with van der Waals surface area (Å²) >= 11 is 6.04. The minimum absolute atomic E-state index is 0.350. The third-order valence-corrected chi connectivity index (χ3v) is 5.26. The summed E-state index contributed by atoms with van der Waals surface area (Å²) < 4.78 is 29.3. The van der Waals surface area contributed by atoms with E-state index in [4.69, 9.17) is 11.6 Å². The fourth-order valence-corrected chi connectivity index (χ4v) is 3.83. The van der Waals surface area contributed by atoms with Gasteiger partial charge in [0.25, 0.3) is 0 Å². The molecule has 0 radical (unpaired) electrons. The van der Waals surface area contributed by atoms with Crippen molar-refractivity contribution in [2.75, 3.05) is 11.4 Å². The van der Waals surface area contributed by atoms with Crippen molar-refractivity contribution in [3.8, 4) is 17.1 Å². The second-order valence-electron chi connectivity index (χ2n) is 7.24. The van der Waals surface area contributed by atoms with Crippen LogP contribution in [0, 0.1) is 11.6 Å². The molecule has 31 heavy (non-hydrogen) atoms. The van der Waals surface area contributed by atoms with Crippen LogP contribution in [0.25, 0.3) is 17.1 Å². The maximum absolute atomic E-state index is 13.7. The number of benzene rings is 2. The summed E-state index contributed by atoms with van der Waals surface area (Å²) in [5.74, 6) is 0.237. The molecule has 11 heteroatoms. The van der Waals surface area contributed by atoms with Gasteiger partial charge in [-0.15, -0.1) is 25.2 Å². The van der Waals surface area contributed by atoms with Crippen LogP contribution in [-0.4, -0.2) is 41.5 Å². The lowest BCUT2D eigenvalue weighted by Crippen LogP contribution is -2.26. The molecule has 0 bridgehead atoms. The molecule has 0 aliphatic carbocycles. The molecule has 1 aliphatic heterocycles. The van der Waals surface area contributed by atoms with Gasteiger partial charge in [-0.1, -0.05) is 17.7 Å². The first kappa shape index (κ1) is 19.6. The van der Waals surface area contributed by atoms with E-state index >= 15 is 0 Å². The van der Waals surface area contributed by atoms with Crippen molar-refractivity contribution in [2.45, 2.75) is 25.9 Å². The van der Waals surface area contributed by atoms with Gasteiger partial charge < -0.3 is 4.90 Å². The molecule has 0 saturated heterocycles. The molecule has 0 fully saturated rings. The SMILES string of the molecule is Fc1cc(F)cc(-c2nnc3n2CCCCN3Cc2nnn(-c3cccc(Cl)c3)n2)c1. The van der Waals surface area contributed by atoms with Crippen LogP contribution in [0.15, 0.2) is 42.5 Å². The first-order valence-corrected chi connectivity index (χ1v) is 10.1. The number of hydrogen-bond donors (Lipinski definition) is 0. The Bertz CT molecular complexity index is 1220. The average molecular weight is 443 g/mol. The summed E-state index contributed by atoms with van der Waals surface area (Å²) in [6.07, 6.45) is 1.80. The molecule has 2 aromatic carbocycles. The van der Waals surface area contributed by atoms with Crippen LogP contribution in [-0.2, 0) is 13.1 Å². The van der Waals surface area contributed by atoms with Gasteiger partial charge in [0.15, 0.2) is 11.6 Å². The standard InChI is InChI=1S/C20H17ClF2N8/c21-14-4-3-5-17(10-14)31-27-18(24-28-31)12-29-6-1-2-7-30-19(25-26-20(29)30)13-8-15(22)11-16(23)9-13/h3-5,8-11H,1-2,6-7,12H2. The molecule has 4 aromatic rings. The number of nitrogens with zero attached hydrogens (tertiary/aromatic N) is 8.